The van der Waals surface area contributed by atoms with Gasteiger partial charge in [-0.25, -0.2) is 15.2 Å². The zero-order chi connectivity index (χ0) is 15.1. The molecule has 2 atom stereocenters. The molecule has 0 spiro atoms. The summed E-state index contributed by atoms with van der Waals surface area (Å²) in [5, 5.41) is 22.0. The van der Waals surface area contributed by atoms with Crippen molar-refractivity contribution in [2.45, 2.75) is 37.8 Å². The molecule has 0 aliphatic carbocycles. The van der Waals surface area contributed by atoms with Crippen molar-refractivity contribution >= 4 is 18.0 Å². The first-order valence-electron chi connectivity index (χ1n) is 6.43. The van der Waals surface area contributed by atoms with E-state index in [-0.39, 0.29) is 13.0 Å². The van der Waals surface area contributed by atoms with Gasteiger partial charge in [0.2, 0.25) is 0 Å². The number of nitrogens with zero attached hydrogens (tertiary/aromatic N) is 1. The Bertz CT molecular complexity index is 376. The SMILES string of the molecule is NC(=O)NCCC[C@H](NN1CCC[C@H]1C(=O)O)C(=O)O. The molecule has 114 valence electrons. The second-order valence-electron chi connectivity index (χ2n) is 4.64. The molecule has 0 aromatic carbocycles. The lowest BCUT2D eigenvalue weighted by atomic mass is 10.1. The number of primary amides is 1. The zero-order valence-electron chi connectivity index (χ0n) is 11.0. The molecular weight excluding hydrogens is 268 g/mol. The molecule has 2 amide bonds. The van der Waals surface area contributed by atoms with Crippen molar-refractivity contribution in [3.63, 3.8) is 0 Å². The Balaban J connectivity index is 2.44. The van der Waals surface area contributed by atoms with Crippen LogP contribution in [0, 0.1) is 0 Å². The normalized spacial score (nSPS) is 20.5. The Labute approximate surface area is 116 Å². The molecular formula is C11H20N4O5. The van der Waals surface area contributed by atoms with Crippen molar-refractivity contribution in [1.29, 1.82) is 0 Å². The Kier molecular flexibility index (Phi) is 6.19. The van der Waals surface area contributed by atoms with Crippen molar-refractivity contribution in [2.75, 3.05) is 13.1 Å². The second-order valence-corrected chi connectivity index (χ2v) is 4.64. The fourth-order valence-electron chi connectivity index (χ4n) is 2.14. The van der Waals surface area contributed by atoms with Crippen molar-refractivity contribution in [2.24, 2.45) is 5.73 Å². The van der Waals surface area contributed by atoms with E-state index in [0.717, 1.165) is 0 Å². The number of nitrogens with two attached hydrogens (primary N) is 1. The highest BCUT2D eigenvalue weighted by Gasteiger charge is 2.33. The predicted molar refractivity (Wildman–Crippen MR) is 68.7 cm³/mol. The maximum atomic E-state index is 11.1. The van der Waals surface area contributed by atoms with Gasteiger partial charge in [-0.2, -0.15) is 0 Å². The summed E-state index contributed by atoms with van der Waals surface area (Å²) in [6.45, 7) is 0.781. The number of hydrogen-bond acceptors (Lipinski definition) is 5. The maximum absolute atomic E-state index is 11.1. The van der Waals surface area contributed by atoms with Gasteiger partial charge in [0.05, 0.1) is 0 Å². The molecule has 9 nitrogen and oxygen atoms in total. The largest absolute Gasteiger partial charge is 0.480 e. The first-order valence-corrected chi connectivity index (χ1v) is 6.43. The van der Waals surface area contributed by atoms with Gasteiger partial charge in [0.25, 0.3) is 0 Å². The maximum Gasteiger partial charge on any atom is 0.322 e. The lowest BCUT2D eigenvalue weighted by molar-refractivity contribution is -0.147. The summed E-state index contributed by atoms with van der Waals surface area (Å²) in [7, 11) is 0. The van der Waals surface area contributed by atoms with Gasteiger partial charge >= 0.3 is 18.0 Å². The number of carbonyl (C=O) groups is 3. The molecule has 1 rings (SSSR count). The topological polar surface area (TPSA) is 145 Å². The van der Waals surface area contributed by atoms with Crippen LogP contribution in [0.15, 0.2) is 0 Å². The van der Waals surface area contributed by atoms with Gasteiger partial charge in [0, 0.05) is 13.1 Å². The standard InChI is InChI=1S/C11H20N4O5/c12-11(20)13-5-1-3-7(9(16)17)14-15-6-2-4-8(15)10(18)19/h7-8,14H,1-6H2,(H,16,17)(H,18,19)(H3,12,13,20)/t7-,8-/m0/s1. The average molecular weight is 288 g/mol. The van der Waals surface area contributed by atoms with Gasteiger partial charge in [-0.05, 0) is 25.7 Å². The third kappa shape index (κ3) is 5.02. The van der Waals surface area contributed by atoms with E-state index in [1.54, 1.807) is 0 Å². The first kappa shape index (κ1) is 16.2. The highest BCUT2D eigenvalue weighted by Crippen LogP contribution is 2.16. The Hall–Kier alpha value is -1.87. The lowest BCUT2D eigenvalue weighted by Crippen LogP contribution is -2.52. The van der Waals surface area contributed by atoms with Crippen molar-refractivity contribution in [3.8, 4) is 0 Å². The number of amides is 2. The number of carboxylic acid groups (broad SMARTS) is 2. The molecule has 0 aromatic rings. The smallest absolute Gasteiger partial charge is 0.322 e. The summed E-state index contributed by atoms with van der Waals surface area (Å²) in [6, 6.07) is -2.24. The third-order valence-electron chi connectivity index (χ3n) is 3.13. The van der Waals surface area contributed by atoms with E-state index in [1.165, 1.54) is 5.01 Å². The van der Waals surface area contributed by atoms with Gasteiger partial charge in [0.1, 0.15) is 12.1 Å². The number of urea groups is 1. The van der Waals surface area contributed by atoms with Crippen LogP contribution < -0.4 is 16.5 Å². The van der Waals surface area contributed by atoms with Crippen LogP contribution in [0.1, 0.15) is 25.7 Å². The summed E-state index contributed by atoms with van der Waals surface area (Å²) in [4.78, 5) is 32.6. The van der Waals surface area contributed by atoms with Crippen molar-refractivity contribution in [1.82, 2.24) is 15.8 Å². The molecule has 1 heterocycles. The molecule has 6 N–H and O–H groups in total. The van der Waals surface area contributed by atoms with Crippen LogP contribution in [0.25, 0.3) is 0 Å². The molecule has 0 unspecified atom stereocenters. The first-order chi connectivity index (χ1) is 9.41. The van der Waals surface area contributed by atoms with Crippen LogP contribution in [0.3, 0.4) is 0 Å². The minimum atomic E-state index is -1.06. The molecule has 9 heteroatoms. The monoisotopic (exact) mass is 288 g/mol. The van der Waals surface area contributed by atoms with E-state index < -0.39 is 30.1 Å². The van der Waals surface area contributed by atoms with Gasteiger partial charge in [-0.3, -0.25) is 9.59 Å². The second kappa shape index (κ2) is 7.65. The lowest BCUT2D eigenvalue weighted by Gasteiger charge is -2.26. The van der Waals surface area contributed by atoms with E-state index in [4.69, 9.17) is 15.9 Å². The van der Waals surface area contributed by atoms with E-state index >= 15 is 0 Å². The number of carbonyl (C=O) groups excluding carboxylic acids is 1. The van der Waals surface area contributed by atoms with Gasteiger partial charge < -0.3 is 21.3 Å². The summed E-state index contributed by atoms with van der Waals surface area (Å²) < 4.78 is 0. The van der Waals surface area contributed by atoms with Gasteiger partial charge in [-0.15, -0.1) is 0 Å². The summed E-state index contributed by atoms with van der Waals surface area (Å²) >= 11 is 0. The number of nitrogens with one attached hydrogen (secondary N) is 2. The highest BCUT2D eigenvalue weighted by molar-refractivity contribution is 5.75. The molecule has 20 heavy (non-hydrogen) atoms. The van der Waals surface area contributed by atoms with Crippen LogP contribution in [0.4, 0.5) is 4.79 Å². The van der Waals surface area contributed by atoms with Crippen LogP contribution >= 0.6 is 0 Å². The average Bonchev–Trinajstić information content (AvgIpc) is 2.80. The minimum Gasteiger partial charge on any atom is -0.480 e. The number of hydrazine groups is 1. The number of aliphatic carboxylic acids is 2. The van der Waals surface area contributed by atoms with Crippen molar-refractivity contribution < 1.29 is 24.6 Å². The molecule has 0 aromatic heterocycles. The fraction of sp³-hybridized carbons (Fsp3) is 0.727. The Morgan fingerprint density at radius 3 is 2.60 bits per heavy atom. The highest BCUT2D eigenvalue weighted by atomic mass is 16.4. The number of hydrogen-bond donors (Lipinski definition) is 5. The molecule has 1 saturated heterocycles. The molecule has 1 fully saturated rings. The molecule has 0 bridgehead atoms. The van der Waals surface area contributed by atoms with E-state index in [1.807, 2.05) is 0 Å². The summed E-state index contributed by atoms with van der Waals surface area (Å²) in [6.07, 6.45) is 1.90. The van der Waals surface area contributed by atoms with Crippen LogP contribution in [-0.2, 0) is 9.59 Å². The Morgan fingerprint density at radius 1 is 1.35 bits per heavy atom. The van der Waals surface area contributed by atoms with Crippen LogP contribution in [0.2, 0.25) is 0 Å². The molecule has 1 aliphatic heterocycles. The van der Waals surface area contributed by atoms with E-state index in [9.17, 15) is 14.4 Å². The third-order valence-corrected chi connectivity index (χ3v) is 3.13. The minimum absolute atomic E-state index is 0.262. The molecule has 1 aliphatic rings. The van der Waals surface area contributed by atoms with Gasteiger partial charge in [0.15, 0.2) is 0 Å². The molecule has 0 radical (unpaired) electrons. The van der Waals surface area contributed by atoms with E-state index in [0.29, 0.717) is 25.8 Å². The summed E-state index contributed by atoms with van der Waals surface area (Å²) in [5.41, 5.74) is 7.64. The molecule has 0 saturated carbocycles. The number of rotatable bonds is 8. The zero-order valence-corrected chi connectivity index (χ0v) is 11.0. The van der Waals surface area contributed by atoms with Crippen LogP contribution in [0.5, 0.6) is 0 Å². The number of carboxylic acids is 2. The predicted octanol–water partition coefficient (Wildman–Crippen LogP) is -1.06. The fourth-order valence-corrected chi connectivity index (χ4v) is 2.14. The Morgan fingerprint density at radius 2 is 2.05 bits per heavy atom. The van der Waals surface area contributed by atoms with Crippen LogP contribution in [-0.4, -0.2) is 58.4 Å². The summed E-state index contributed by atoms with van der Waals surface area (Å²) in [5.74, 6) is -2.02. The van der Waals surface area contributed by atoms with Crippen molar-refractivity contribution in [3.05, 3.63) is 0 Å². The van der Waals surface area contributed by atoms with Gasteiger partial charge in [-0.1, -0.05) is 0 Å². The quantitative estimate of drug-likeness (QED) is 0.358. The van der Waals surface area contributed by atoms with E-state index in [2.05, 4.69) is 10.7 Å².